The lowest BCUT2D eigenvalue weighted by Crippen LogP contribution is -2.38. The molecule has 31 nitrogen and oxygen atoms in total. The minimum Gasteiger partial charge on any atom is -0.394 e. The number of nitrogens with two attached hydrogens (primary N) is 3. The highest BCUT2D eigenvalue weighted by atomic mass is 31.2. The number of ether oxygens (including phenoxy) is 3. The number of nitrogens with one attached hydrogen (secondary N) is 1. The van der Waals surface area contributed by atoms with Gasteiger partial charge in [0.1, 0.15) is 72.6 Å². The van der Waals surface area contributed by atoms with Crippen LogP contribution >= 0.6 is 15.6 Å². The van der Waals surface area contributed by atoms with Gasteiger partial charge in [-0.2, -0.15) is 9.97 Å². The summed E-state index contributed by atoms with van der Waals surface area (Å²) >= 11 is 0. The Bertz CT molecular complexity index is 2680. The van der Waals surface area contributed by atoms with E-state index in [4.69, 9.17) is 49.5 Å². The van der Waals surface area contributed by atoms with Crippen molar-refractivity contribution in [2.24, 2.45) is 0 Å². The Balaban J connectivity index is 0.994. The minimum atomic E-state index is -5.40. The van der Waals surface area contributed by atoms with Crippen LogP contribution < -0.4 is 28.5 Å². The van der Waals surface area contributed by atoms with Crippen molar-refractivity contribution in [1.82, 2.24) is 48.6 Å². The van der Waals surface area contributed by atoms with Crippen LogP contribution in [-0.2, 0) is 41.4 Å². The number of nitrogen functional groups attached to an aromatic ring is 3. The maximum atomic E-state index is 13.4. The lowest BCUT2D eigenvalue weighted by Gasteiger charge is -2.25. The summed E-state index contributed by atoms with van der Waals surface area (Å²) < 4.78 is 67.8. The molecule has 62 heavy (non-hydrogen) atoms. The Hall–Kier alpha value is -4.92. The molecule has 3 aliphatic rings. The molecule has 0 spiro atoms. The highest BCUT2D eigenvalue weighted by Crippen LogP contribution is 2.52. The van der Waals surface area contributed by atoms with E-state index in [1.807, 2.05) is 0 Å². The summed E-state index contributed by atoms with van der Waals surface area (Å²) in [5.41, 5.74) is 15.1. The fourth-order valence-corrected chi connectivity index (χ4v) is 8.97. The summed E-state index contributed by atoms with van der Waals surface area (Å²) in [5.74, 6) is -0.496. The van der Waals surface area contributed by atoms with Crippen LogP contribution in [0, 0.1) is 0 Å². The van der Waals surface area contributed by atoms with Crippen LogP contribution in [-0.4, -0.2) is 159 Å². The largest absolute Gasteiger partial charge is 0.472 e. The van der Waals surface area contributed by atoms with Gasteiger partial charge in [-0.1, -0.05) is 0 Å². The maximum Gasteiger partial charge on any atom is 0.472 e. The highest BCUT2D eigenvalue weighted by molar-refractivity contribution is 7.47. The second-order valence-corrected chi connectivity index (χ2v) is 16.7. The molecule has 336 valence electrons. The zero-order valence-corrected chi connectivity index (χ0v) is 33.0. The second kappa shape index (κ2) is 16.7. The first-order valence-corrected chi connectivity index (χ1v) is 21.0. The highest BCUT2D eigenvalue weighted by Gasteiger charge is 2.53. The molecule has 5 aromatic rings. The third-order valence-electron chi connectivity index (χ3n) is 9.96. The number of aliphatic hydroxyl groups is 5. The number of hydrogen-bond donors (Lipinski definition) is 11. The monoisotopic (exact) mass is 917 g/mol. The molecule has 2 unspecified atom stereocenters. The number of nitrogens with zero attached hydrogens (tertiary/aromatic N) is 9. The number of phosphoric ester groups is 2. The number of anilines is 3. The molecule has 3 fully saturated rings. The first-order valence-electron chi connectivity index (χ1n) is 18.0. The zero-order valence-electron chi connectivity index (χ0n) is 31.2. The Labute approximate surface area is 343 Å². The van der Waals surface area contributed by atoms with Crippen LogP contribution in [0.1, 0.15) is 18.7 Å². The van der Waals surface area contributed by atoms with Gasteiger partial charge in [-0.05, 0) is 6.07 Å². The zero-order chi connectivity index (χ0) is 44.4. The molecule has 8 heterocycles. The van der Waals surface area contributed by atoms with Gasteiger partial charge in [0.2, 0.25) is 5.95 Å². The van der Waals surface area contributed by atoms with Gasteiger partial charge in [-0.3, -0.25) is 41.6 Å². The van der Waals surface area contributed by atoms with E-state index in [9.17, 15) is 54.0 Å². The summed E-state index contributed by atoms with van der Waals surface area (Å²) in [4.78, 5) is 72.2. The fraction of sp³-hybridized carbons (Fsp3) is 0.517. The van der Waals surface area contributed by atoms with Crippen molar-refractivity contribution in [3.63, 3.8) is 0 Å². The van der Waals surface area contributed by atoms with Crippen LogP contribution in [0.25, 0.3) is 22.3 Å². The molecule has 33 heteroatoms. The topological polar surface area (TPSA) is 460 Å². The van der Waals surface area contributed by atoms with Crippen LogP contribution in [0.3, 0.4) is 0 Å². The van der Waals surface area contributed by atoms with Crippen molar-refractivity contribution in [3.05, 3.63) is 52.1 Å². The van der Waals surface area contributed by atoms with Crippen LogP contribution in [0.4, 0.5) is 17.6 Å². The molecule has 8 rings (SSSR count). The summed E-state index contributed by atoms with van der Waals surface area (Å²) in [6, 6.07) is 1.22. The molecule has 0 aliphatic carbocycles. The van der Waals surface area contributed by atoms with Crippen LogP contribution in [0.15, 0.2) is 40.8 Å². The van der Waals surface area contributed by atoms with Gasteiger partial charge in [0.25, 0.3) is 5.56 Å². The van der Waals surface area contributed by atoms with Gasteiger partial charge < -0.3 is 66.7 Å². The third kappa shape index (κ3) is 8.21. The quantitative estimate of drug-likeness (QED) is 0.0465. The molecule has 14 atom stereocenters. The summed E-state index contributed by atoms with van der Waals surface area (Å²) in [5, 5.41) is 53.9. The lowest BCUT2D eigenvalue weighted by atomic mass is 10.1. The average Bonchev–Trinajstić information content (AvgIpc) is 4.02. The average molecular weight is 918 g/mol. The summed E-state index contributed by atoms with van der Waals surface area (Å²) in [7, 11) is -10.7. The third-order valence-corrected chi connectivity index (χ3v) is 11.9. The second-order valence-electron chi connectivity index (χ2n) is 13.9. The van der Waals surface area contributed by atoms with Gasteiger partial charge >= 0.3 is 21.3 Å². The number of imidazole rings is 2. The standard InChI is InChI=1S/C29H37N13O18P2/c30-12-1-2-40(29(49)37-12)25-16(45)15(44)10(57-25)4-54-61(50,51)60-20-11(58-27(18(20)47)42-8-36-14-23(42)38-28(32)39-24(14)48)5-55-62(52,53)59-19-9(3-43)56-26(17(19)46)41-7-35-13-21(31)33-6-34-22(13)41/h1-2,6-11,15-20,25-27,43-47H,3-5H2,(H,50,51)(H,52,53)(H2,30,37,49)(H2,31,33,34)(H3,32,38,39,48)/t9-,10-,11-,15-,16-,17-,18-,19-,20-,25-,26-,27-/m1/s1. The van der Waals surface area contributed by atoms with Crippen molar-refractivity contribution in [3.8, 4) is 0 Å². The van der Waals surface area contributed by atoms with E-state index in [0.29, 0.717) is 0 Å². The van der Waals surface area contributed by atoms with Gasteiger partial charge in [-0.25, -0.2) is 33.9 Å². The van der Waals surface area contributed by atoms with Crippen molar-refractivity contribution in [2.75, 3.05) is 37.0 Å². The van der Waals surface area contributed by atoms with Crippen LogP contribution in [0.5, 0.6) is 0 Å². The Morgan fingerprint density at radius 2 is 1.27 bits per heavy atom. The number of rotatable bonds is 14. The molecule has 0 saturated carbocycles. The molecular formula is C29H37N13O18P2. The number of hydrogen-bond acceptors (Lipinski definition) is 25. The predicted octanol–water partition coefficient (Wildman–Crippen LogP) is -4.90. The van der Waals surface area contributed by atoms with Gasteiger partial charge in [0.15, 0.2) is 41.3 Å². The fourth-order valence-electron chi connectivity index (χ4n) is 7.05. The number of phosphoric acid groups is 2. The molecule has 3 saturated heterocycles. The molecule has 0 bridgehead atoms. The van der Waals surface area contributed by atoms with Crippen molar-refractivity contribution >= 4 is 55.6 Å². The van der Waals surface area contributed by atoms with E-state index in [1.165, 1.54) is 17.0 Å². The van der Waals surface area contributed by atoms with Crippen LogP contribution in [0.2, 0.25) is 0 Å². The molecule has 14 N–H and O–H groups in total. The van der Waals surface area contributed by atoms with Crippen molar-refractivity contribution in [1.29, 1.82) is 0 Å². The Morgan fingerprint density at radius 3 is 1.92 bits per heavy atom. The molecule has 0 radical (unpaired) electrons. The van der Waals surface area contributed by atoms with E-state index >= 15 is 0 Å². The Kier molecular flexibility index (Phi) is 11.7. The number of aromatic nitrogens is 10. The SMILES string of the molecule is Nc1ccn([C@@H]2O[C@H](COP(=O)(O)O[C@H]3[C@@H](O)[C@H](n4cnc5c(=O)[nH]c(N)nc54)O[C@@H]3COP(=O)(O)O[C@H]3[C@@H](O)[C@H](n4cnc5c(N)ncnc54)O[C@@H]3CO)[C@@H](O)[C@H]2O)c(=O)n1. The molecule has 3 aliphatic heterocycles. The normalized spacial score (nSPS) is 32.1. The molecule has 5 aromatic heterocycles. The van der Waals surface area contributed by atoms with Gasteiger partial charge in [0, 0.05) is 6.20 Å². The van der Waals surface area contributed by atoms with Gasteiger partial charge in [-0.15, -0.1) is 0 Å². The van der Waals surface area contributed by atoms with Gasteiger partial charge in [0.05, 0.1) is 32.5 Å². The van der Waals surface area contributed by atoms with E-state index < -0.39 is 120 Å². The van der Waals surface area contributed by atoms with E-state index in [-0.39, 0.29) is 39.9 Å². The van der Waals surface area contributed by atoms with E-state index in [2.05, 4.69) is 34.9 Å². The first-order chi connectivity index (χ1) is 29.4. The number of fused-ring (bicyclic) bond motifs is 2. The van der Waals surface area contributed by atoms with E-state index in [1.54, 1.807) is 0 Å². The van der Waals surface area contributed by atoms with Crippen molar-refractivity contribution < 1.29 is 76.8 Å². The number of aromatic amines is 1. The summed E-state index contributed by atoms with van der Waals surface area (Å²) in [6.45, 7) is -2.86. The summed E-state index contributed by atoms with van der Waals surface area (Å²) in [6.07, 6.45) is -16.0. The van der Waals surface area contributed by atoms with Crippen molar-refractivity contribution in [2.45, 2.75) is 73.6 Å². The molecule has 0 amide bonds. The van der Waals surface area contributed by atoms with E-state index in [0.717, 1.165) is 28.0 Å². The smallest absolute Gasteiger partial charge is 0.394 e. The number of H-pyrrole nitrogens is 1. The minimum absolute atomic E-state index is 0.00574. The lowest BCUT2D eigenvalue weighted by molar-refractivity contribution is -0.0631. The Morgan fingerprint density at radius 1 is 0.710 bits per heavy atom. The first kappa shape index (κ1) is 43.7. The molecular weight excluding hydrogens is 880 g/mol. The molecule has 0 aromatic carbocycles. The number of aliphatic hydroxyl groups excluding tert-OH is 5. The predicted molar refractivity (Wildman–Crippen MR) is 199 cm³/mol. The maximum absolute atomic E-state index is 13.4.